The first kappa shape index (κ1) is 10.4. The van der Waals surface area contributed by atoms with Crippen LogP contribution >= 0.6 is 0 Å². The summed E-state index contributed by atoms with van der Waals surface area (Å²) in [6, 6.07) is 0. The summed E-state index contributed by atoms with van der Waals surface area (Å²) in [4.78, 5) is 9.04. The minimum Gasteiger partial charge on any atom is -0.376 e. The molecule has 0 saturated carbocycles. The summed E-state index contributed by atoms with van der Waals surface area (Å²) in [6.45, 7) is 6.45. The van der Waals surface area contributed by atoms with E-state index < -0.39 is 0 Å². The molecule has 1 aromatic heterocycles. The number of anilines is 1. The first-order valence-corrected chi connectivity index (χ1v) is 5.55. The number of aromatic nitrogens is 2. The first-order valence-electron chi connectivity index (χ1n) is 5.55. The monoisotopic (exact) mass is 207 g/mol. The summed E-state index contributed by atoms with van der Waals surface area (Å²) in [7, 11) is 0. The van der Waals surface area contributed by atoms with Crippen LogP contribution in [0.5, 0.6) is 0 Å². The van der Waals surface area contributed by atoms with Gasteiger partial charge in [-0.15, -0.1) is 0 Å². The highest BCUT2D eigenvalue weighted by molar-refractivity contribution is 5.47. The zero-order valence-corrected chi connectivity index (χ0v) is 9.34. The van der Waals surface area contributed by atoms with E-state index in [-0.39, 0.29) is 0 Å². The van der Waals surface area contributed by atoms with E-state index >= 15 is 0 Å². The lowest BCUT2D eigenvalue weighted by Crippen LogP contribution is -2.17. The molecule has 0 aromatic carbocycles. The first-order chi connectivity index (χ1) is 7.35. The van der Waals surface area contributed by atoms with Crippen molar-refractivity contribution in [3.05, 3.63) is 17.1 Å². The molecule has 4 nitrogen and oxygen atoms in total. The molecule has 2 heterocycles. The van der Waals surface area contributed by atoms with Crippen LogP contribution in [0.1, 0.15) is 30.9 Å². The fourth-order valence-electron chi connectivity index (χ4n) is 1.75. The molecule has 1 N–H and O–H groups in total. The van der Waals surface area contributed by atoms with Crippen LogP contribution < -0.4 is 5.32 Å². The second-order valence-electron chi connectivity index (χ2n) is 3.60. The van der Waals surface area contributed by atoms with Gasteiger partial charge in [0.1, 0.15) is 11.6 Å². The van der Waals surface area contributed by atoms with Crippen molar-refractivity contribution in [2.45, 2.75) is 33.3 Å². The summed E-state index contributed by atoms with van der Waals surface area (Å²) >= 11 is 0. The van der Waals surface area contributed by atoms with Crippen molar-refractivity contribution in [2.75, 3.05) is 18.5 Å². The highest BCUT2D eigenvalue weighted by Crippen LogP contribution is 2.22. The van der Waals surface area contributed by atoms with Crippen molar-refractivity contribution in [1.82, 2.24) is 9.97 Å². The summed E-state index contributed by atoms with van der Waals surface area (Å²) in [5.74, 6) is 1.88. The summed E-state index contributed by atoms with van der Waals surface area (Å²) in [5.41, 5.74) is 2.30. The molecule has 0 bridgehead atoms. The van der Waals surface area contributed by atoms with Gasteiger partial charge in [0.25, 0.3) is 0 Å². The molecule has 0 spiro atoms. The Labute approximate surface area is 90.1 Å². The van der Waals surface area contributed by atoms with Gasteiger partial charge < -0.3 is 10.1 Å². The lowest BCUT2D eigenvalue weighted by molar-refractivity contribution is 0.109. The van der Waals surface area contributed by atoms with Gasteiger partial charge in [-0.3, -0.25) is 0 Å². The third-order valence-corrected chi connectivity index (χ3v) is 2.53. The van der Waals surface area contributed by atoms with Crippen LogP contribution in [0.15, 0.2) is 0 Å². The van der Waals surface area contributed by atoms with Crippen LogP contribution in [-0.2, 0) is 24.2 Å². The smallest absolute Gasteiger partial charge is 0.135 e. The van der Waals surface area contributed by atoms with Gasteiger partial charge in [0.15, 0.2) is 0 Å². The molecule has 1 aliphatic rings. The van der Waals surface area contributed by atoms with Gasteiger partial charge in [-0.05, 0) is 6.92 Å². The third-order valence-electron chi connectivity index (χ3n) is 2.53. The number of aryl methyl sites for hydroxylation is 1. The van der Waals surface area contributed by atoms with E-state index in [2.05, 4.69) is 29.1 Å². The zero-order valence-electron chi connectivity index (χ0n) is 9.34. The Balaban J connectivity index is 2.41. The van der Waals surface area contributed by atoms with Gasteiger partial charge in [-0.2, -0.15) is 0 Å². The molecule has 15 heavy (non-hydrogen) atoms. The topological polar surface area (TPSA) is 47.0 Å². The molecule has 4 heteroatoms. The molecule has 2 rings (SSSR count). The van der Waals surface area contributed by atoms with Crippen LogP contribution in [0, 0.1) is 0 Å². The lowest BCUT2D eigenvalue weighted by Gasteiger charge is -2.19. The minimum absolute atomic E-state index is 0.641. The van der Waals surface area contributed by atoms with Crippen molar-refractivity contribution < 1.29 is 4.74 Å². The van der Waals surface area contributed by atoms with E-state index in [0.717, 1.165) is 48.9 Å². The van der Waals surface area contributed by atoms with Gasteiger partial charge in [-0.25, -0.2) is 9.97 Å². The summed E-state index contributed by atoms with van der Waals surface area (Å²) in [5, 5.41) is 3.28. The molecular weight excluding hydrogens is 190 g/mol. The average molecular weight is 207 g/mol. The van der Waals surface area contributed by atoms with Gasteiger partial charge in [0, 0.05) is 24.9 Å². The quantitative estimate of drug-likeness (QED) is 0.816. The zero-order chi connectivity index (χ0) is 10.7. The Morgan fingerprint density at radius 3 is 2.93 bits per heavy atom. The van der Waals surface area contributed by atoms with Crippen molar-refractivity contribution in [2.24, 2.45) is 0 Å². The van der Waals surface area contributed by atoms with E-state index in [1.165, 1.54) is 0 Å². The SMILES string of the molecule is CCNc1nc(CC)nc2c1COCC2. The van der Waals surface area contributed by atoms with E-state index in [1.54, 1.807) is 0 Å². The number of hydrogen-bond donors (Lipinski definition) is 1. The van der Waals surface area contributed by atoms with Crippen LogP contribution in [0.2, 0.25) is 0 Å². The largest absolute Gasteiger partial charge is 0.376 e. The van der Waals surface area contributed by atoms with E-state index in [4.69, 9.17) is 4.74 Å². The Hall–Kier alpha value is -1.16. The maximum atomic E-state index is 5.44. The van der Waals surface area contributed by atoms with E-state index in [0.29, 0.717) is 6.61 Å². The normalized spacial score (nSPS) is 14.8. The van der Waals surface area contributed by atoms with E-state index in [1.807, 2.05) is 0 Å². The number of nitrogens with one attached hydrogen (secondary N) is 1. The van der Waals surface area contributed by atoms with E-state index in [9.17, 15) is 0 Å². The summed E-state index contributed by atoms with van der Waals surface area (Å²) < 4.78 is 5.44. The Morgan fingerprint density at radius 1 is 1.33 bits per heavy atom. The van der Waals surface area contributed by atoms with Crippen molar-refractivity contribution in [3.63, 3.8) is 0 Å². The third kappa shape index (κ3) is 2.09. The average Bonchev–Trinajstić information content (AvgIpc) is 2.29. The molecule has 0 atom stereocenters. The molecule has 0 radical (unpaired) electrons. The van der Waals surface area contributed by atoms with Crippen LogP contribution in [0.3, 0.4) is 0 Å². The fourth-order valence-corrected chi connectivity index (χ4v) is 1.75. The van der Waals surface area contributed by atoms with Crippen molar-refractivity contribution in [1.29, 1.82) is 0 Å². The number of nitrogens with zero attached hydrogens (tertiary/aromatic N) is 2. The van der Waals surface area contributed by atoms with Crippen LogP contribution in [0.4, 0.5) is 5.82 Å². The number of ether oxygens (including phenoxy) is 1. The molecule has 0 saturated heterocycles. The molecule has 0 fully saturated rings. The minimum atomic E-state index is 0.641. The van der Waals surface area contributed by atoms with Crippen molar-refractivity contribution in [3.8, 4) is 0 Å². The molecule has 82 valence electrons. The Bertz CT molecular complexity index is 352. The standard InChI is InChI=1S/C11H17N3O/c1-3-10-13-9-5-6-15-7-8(9)11(14-10)12-4-2/h3-7H2,1-2H3,(H,12,13,14). The van der Waals surface area contributed by atoms with Crippen LogP contribution in [0.25, 0.3) is 0 Å². The summed E-state index contributed by atoms with van der Waals surface area (Å²) in [6.07, 6.45) is 1.79. The Morgan fingerprint density at radius 2 is 2.20 bits per heavy atom. The predicted octanol–water partition coefficient (Wildman–Crippen LogP) is 1.54. The van der Waals surface area contributed by atoms with Crippen molar-refractivity contribution >= 4 is 5.82 Å². The number of rotatable bonds is 3. The highest BCUT2D eigenvalue weighted by Gasteiger charge is 2.17. The molecule has 1 aliphatic heterocycles. The van der Waals surface area contributed by atoms with Gasteiger partial charge in [0.2, 0.25) is 0 Å². The van der Waals surface area contributed by atoms with Gasteiger partial charge >= 0.3 is 0 Å². The second-order valence-corrected chi connectivity index (χ2v) is 3.60. The number of fused-ring (bicyclic) bond motifs is 1. The molecule has 0 unspecified atom stereocenters. The Kier molecular flexibility index (Phi) is 3.16. The highest BCUT2D eigenvalue weighted by atomic mass is 16.5. The molecule has 0 aliphatic carbocycles. The molecule has 0 amide bonds. The lowest BCUT2D eigenvalue weighted by atomic mass is 10.1. The number of hydrogen-bond acceptors (Lipinski definition) is 4. The van der Waals surface area contributed by atoms with Gasteiger partial charge in [0.05, 0.1) is 18.9 Å². The molecule has 1 aromatic rings. The molecular formula is C11H17N3O. The second kappa shape index (κ2) is 4.57. The van der Waals surface area contributed by atoms with Gasteiger partial charge in [-0.1, -0.05) is 6.92 Å². The van der Waals surface area contributed by atoms with Crippen LogP contribution in [-0.4, -0.2) is 23.1 Å². The maximum absolute atomic E-state index is 5.44. The maximum Gasteiger partial charge on any atom is 0.135 e. The predicted molar refractivity (Wildman–Crippen MR) is 58.9 cm³/mol. The fraction of sp³-hybridized carbons (Fsp3) is 0.636.